The molecule has 1 heterocycles. The van der Waals surface area contributed by atoms with Gasteiger partial charge in [0.05, 0.1) is 26.4 Å². The summed E-state index contributed by atoms with van der Waals surface area (Å²) in [7, 11) is 1.50. The highest BCUT2D eigenvalue weighted by Crippen LogP contribution is 2.21. The van der Waals surface area contributed by atoms with E-state index in [-0.39, 0.29) is 12.3 Å². The van der Waals surface area contributed by atoms with E-state index in [1.807, 2.05) is 13.8 Å². The predicted octanol–water partition coefficient (Wildman–Crippen LogP) is -0.579. The van der Waals surface area contributed by atoms with Crippen molar-refractivity contribution < 1.29 is 44.2 Å². The van der Waals surface area contributed by atoms with E-state index in [4.69, 9.17) is 24.8 Å². The molecule has 1 saturated heterocycles. The molecule has 36 heavy (non-hydrogen) atoms. The largest absolute Gasteiger partial charge is 0.394 e. The van der Waals surface area contributed by atoms with Crippen LogP contribution in [-0.4, -0.2) is 123 Å². The van der Waals surface area contributed by atoms with Crippen LogP contribution < -0.4 is 11.1 Å². The minimum absolute atomic E-state index is 0.0313. The van der Waals surface area contributed by atoms with Gasteiger partial charge in [0.2, 0.25) is 0 Å². The zero-order valence-electron chi connectivity index (χ0n) is 22.0. The molecule has 0 aromatic heterocycles. The fourth-order valence-electron chi connectivity index (χ4n) is 2.14. The molecule has 1 aliphatic rings. The normalized spacial score (nSPS) is 21.8. The summed E-state index contributed by atoms with van der Waals surface area (Å²) >= 11 is 3.53. The van der Waals surface area contributed by atoms with E-state index in [1.165, 1.54) is 14.0 Å². The molecule has 0 amide bonds. The molecule has 7 N–H and O–H groups in total. The van der Waals surface area contributed by atoms with Gasteiger partial charge in [-0.15, -0.1) is 0 Å². The van der Waals surface area contributed by atoms with Crippen LogP contribution in [0.25, 0.3) is 10.4 Å². The first-order valence-corrected chi connectivity index (χ1v) is 12.4. The number of likely N-dealkylation sites (N-methyl/N-ethyl adjacent to an activating group) is 1. The smallest absolute Gasteiger partial charge is 0.186 e. The number of Topliss-reactive ketones (excluding diaryl/α,β-unsaturated/α-hetero) is 1. The topological polar surface area (TPSA) is 230 Å². The van der Waals surface area contributed by atoms with Gasteiger partial charge >= 0.3 is 0 Å². The molecule has 14 nitrogen and oxygen atoms in total. The second kappa shape index (κ2) is 33.6. The molecule has 1 rings (SSSR count). The third-order valence-corrected chi connectivity index (χ3v) is 3.74. The van der Waals surface area contributed by atoms with E-state index in [0.29, 0.717) is 26.2 Å². The standard InChI is InChI=1S/C10H21NO6.C6H12O2.C3H5N3O.CH5N.CH4S/c1-2-11-3-4-16-10-9(15)8(14)7(13)6(5-12)17-10;1-2-5-8-6-3-4-7;1-3(7)2-5-6-4;2*1-2/h6-15H,2-5H2,1H3;4H,2-3,5-6H2,1H3;2H2,1H3;2H2,1H3;2H,1H3. The number of ketones is 1. The Hall–Kier alpha value is -1.36. The molecule has 0 aromatic carbocycles. The quantitative estimate of drug-likeness (QED) is 0.0386. The van der Waals surface area contributed by atoms with Crippen molar-refractivity contribution in [2.75, 3.05) is 59.4 Å². The van der Waals surface area contributed by atoms with Crippen LogP contribution >= 0.6 is 12.6 Å². The third-order valence-electron chi connectivity index (χ3n) is 3.74. The van der Waals surface area contributed by atoms with E-state index in [0.717, 1.165) is 25.9 Å². The summed E-state index contributed by atoms with van der Waals surface area (Å²) in [5, 5.41) is 43.6. The van der Waals surface area contributed by atoms with Gasteiger partial charge in [-0.2, -0.15) is 12.6 Å². The van der Waals surface area contributed by atoms with E-state index in [1.54, 1.807) is 6.26 Å². The van der Waals surface area contributed by atoms with Crippen molar-refractivity contribution >= 4 is 24.7 Å². The predicted molar refractivity (Wildman–Crippen MR) is 140 cm³/mol. The Morgan fingerprint density at radius 2 is 1.78 bits per heavy atom. The molecule has 0 aromatic rings. The fourth-order valence-corrected chi connectivity index (χ4v) is 2.14. The lowest BCUT2D eigenvalue weighted by atomic mass is 9.99. The molecular weight excluding hydrogens is 498 g/mol. The number of thiol groups is 1. The van der Waals surface area contributed by atoms with Crippen molar-refractivity contribution in [1.82, 2.24) is 5.32 Å². The number of aliphatic hydroxyl groups excluding tert-OH is 4. The monoisotopic (exact) mass is 545 g/mol. The molecule has 0 saturated carbocycles. The lowest BCUT2D eigenvalue weighted by molar-refractivity contribution is -0.300. The number of rotatable bonds is 13. The van der Waals surface area contributed by atoms with Gasteiger partial charge in [-0.1, -0.05) is 19.0 Å². The number of nitrogens with one attached hydrogen (secondary N) is 1. The minimum atomic E-state index is -1.38. The highest BCUT2D eigenvalue weighted by Gasteiger charge is 2.43. The summed E-state index contributed by atoms with van der Waals surface area (Å²) in [6.07, 6.45) is -1.89. The van der Waals surface area contributed by atoms with Crippen molar-refractivity contribution in [3.63, 3.8) is 0 Å². The highest BCUT2D eigenvalue weighted by atomic mass is 32.1. The maximum Gasteiger partial charge on any atom is 0.186 e. The minimum Gasteiger partial charge on any atom is -0.394 e. The number of carbonyl (C=O) groups is 2. The molecule has 15 heteroatoms. The van der Waals surface area contributed by atoms with E-state index < -0.39 is 37.3 Å². The Balaban J connectivity index is -0.000000226. The van der Waals surface area contributed by atoms with Crippen molar-refractivity contribution in [2.45, 2.75) is 64.3 Å². The first-order chi connectivity index (χ1) is 17.3. The number of hydrogen-bond acceptors (Lipinski definition) is 13. The number of azide groups is 1. The van der Waals surface area contributed by atoms with Crippen molar-refractivity contribution in [1.29, 1.82) is 0 Å². The van der Waals surface area contributed by atoms with Gasteiger partial charge in [0.15, 0.2) is 6.29 Å². The summed E-state index contributed by atoms with van der Waals surface area (Å²) in [4.78, 5) is 22.0. The van der Waals surface area contributed by atoms with Crippen molar-refractivity contribution in [2.24, 2.45) is 10.8 Å². The van der Waals surface area contributed by atoms with Gasteiger partial charge in [0.25, 0.3) is 0 Å². The van der Waals surface area contributed by atoms with Crippen LogP contribution in [-0.2, 0) is 23.8 Å². The Morgan fingerprint density at radius 3 is 2.19 bits per heavy atom. The zero-order valence-corrected chi connectivity index (χ0v) is 22.9. The number of nitrogens with zero attached hydrogens (tertiary/aromatic N) is 3. The van der Waals surface area contributed by atoms with E-state index in [9.17, 15) is 24.9 Å². The Morgan fingerprint density at radius 1 is 1.17 bits per heavy atom. The van der Waals surface area contributed by atoms with Gasteiger partial charge in [-0.3, -0.25) is 4.79 Å². The van der Waals surface area contributed by atoms with Crippen LogP contribution in [0.1, 0.15) is 33.6 Å². The van der Waals surface area contributed by atoms with Gasteiger partial charge < -0.3 is 50.5 Å². The summed E-state index contributed by atoms with van der Waals surface area (Å²) in [6.45, 7) is 7.93. The van der Waals surface area contributed by atoms with Crippen LogP contribution in [0, 0.1) is 0 Å². The van der Waals surface area contributed by atoms with Crippen LogP contribution in [0.2, 0.25) is 0 Å². The van der Waals surface area contributed by atoms with E-state index >= 15 is 0 Å². The Labute approximate surface area is 219 Å². The molecule has 1 fully saturated rings. The zero-order chi connectivity index (χ0) is 28.8. The summed E-state index contributed by atoms with van der Waals surface area (Å²) in [6, 6.07) is 0. The first-order valence-electron chi connectivity index (χ1n) is 11.5. The number of nitrogens with two attached hydrogens (primary N) is 1. The summed E-state index contributed by atoms with van der Waals surface area (Å²) in [5.74, 6) is -0.113. The Bertz CT molecular complexity index is 530. The molecule has 0 spiro atoms. The number of ether oxygens (including phenoxy) is 3. The average molecular weight is 546 g/mol. The first kappa shape index (κ1) is 41.8. The number of hydrogen-bond donors (Lipinski definition) is 7. The third kappa shape index (κ3) is 25.7. The molecular formula is C21H47N5O9S. The second-order valence-corrected chi connectivity index (χ2v) is 6.58. The fraction of sp³-hybridized carbons (Fsp3) is 0.905. The van der Waals surface area contributed by atoms with Gasteiger partial charge in [-0.05, 0) is 38.7 Å². The van der Waals surface area contributed by atoms with Gasteiger partial charge in [0, 0.05) is 24.5 Å². The van der Waals surface area contributed by atoms with E-state index in [2.05, 4.69) is 33.7 Å². The molecule has 0 radical (unpaired) electrons. The highest BCUT2D eigenvalue weighted by molar-refractivity contribution is 7.79. The average Bonchev–Trinajstić information content (AvgIpc) is 2.91. The van der Waals surface area contributed by atoms with Crippen LogP contribution in [0.3, 0.4) is 0 Å². The lowest BCUT2D eigenvalue weighted by Gasteiger charge is -2.39. The molecule has 1 aliphatic heterocycles. The number of carbonyl (C=O) groups excluding carboxylic acids is 2. The van der Waals surface area contributed by atoms with Crippen LogP contribution in [0.5, 0.6) is 0 Å². The molecule has 216 valence electrons. The second-order valence-electron chi connectivity index (χ2n) is 6.58. The molecule has 5 unspecified atom stereocenters. The lowest BCUT2D eigenvalue weighted by Crippen LogP contribution is -2.59. The molecule has 0 aliphatic carbocycles. The Kier molecular flexibility index (Phi) is 39.0. The SMILES string of the molecule is CC(=O)CN=[N+]=[N-].CCCOCCC=O.CCNCCOC1OC(CO)C(O)C(O)C1O.CN.CS. The summed E-state index contributed by atoms with van der Waals surface area (Å²) in [5.41, 5.74) is 12.1. The van der Waals surface area contributed by atoms with Gasteiger partial charge in [0.1, 0.15) is 36.5 Å². The van der Waals surface area contributed by atoms with Gasteiger partial charge in [-0.25, -0.2) is 0 Å². The maximum atomic E-state index is 9.94. The maximum absolute atomic E-state index is 9.94. The molecule has 5 atom stereocenters. The van der Waals surface area contributed by atoms with Crippen LogP contribution in [0.4, 0.5) is 0 Å². The summed E-state index contributed by atoms with van der Waals surface area (Å²) < 4.78 is 15.4. The number of aldehydes is 1. The van der Waals surface area contributed by atoms with Crippen LogP contribution in [0.15, 0.2) is 5.11 Å². The number of aliphatic hydroxyl groups is 4. The van der Waals surface area contributed by atoms with Crippen molar-refractivity contribution in [3.8, 4) is 0 Å². The van der Waals surface area contributed by atoms with Crippen molar-refractivity contribution in [3.05, 3.63) is 10.4 Å². The molecule has 0 bridgehead atoms.